The second-order valence-corrected chi connectivity index (χ2v) is 3.94. The van der Waals surface area contributed by atoms with Crippen LogP contribution >= 0.6 is 23.2 Å². The Bertz CT molecular complexity index is 500. The van der Waals surface area contributed by atoms with Crippen LogP contribution < -0.4 is 0 Å². The summed E-state index contributed by atoms with van der Waals surface area (Å²) >= 11 is 11.7. The molecule has 82 valence electrons. The van der Waals surface area contributed by atoms with E-state index >= 15 is 0 Å². The summed E-state index contributed by atoms with van der Waals surface area (Å²) in [4.78, 5) is 7.84. The summed E-state index contributed by atoms with van der Waals surface area (Å²) in [5.41, 5.74) is 2.26. The zero-order valence-corrected chi connectivity index (χ0v) is 9.70. The van der Waals surface area contributed by atoms with Gasteiger partial charge in [0.05, 0.1) is 23.5 Å². The highest BCUT2D eigenvalue weighted by Gasteiger charge is 2.06. The molecule has 0 spiro atoms. The molecule has 3 nitrogen and oxygen atoms in total. The van der Waals surface area contributed by atoms with Gasteiger partial charge in [-0.3, -0.25) is 0 Å². The van der Waals surface area contributed by atoms with Gasteiger partial charge in [0.25, 0.3) is 0 Å². The van der Waals surface area contributed by atoms with Crippen LogP contribution in [-0.4, -0.2) is 15.1 Å². The molecule has 0 atom stereocenters. The van der Waals surface area contributed by atoms with E-state index in [-0.39, 0.29) is 11.9 Å². The van der Waals surface area contributed by atoms with Crippen LogP contribution in [0.4, 0.5) is 0 Å². The molecule has 0 aliphatic rings. The molecule has 1 aromatic carbocycles. The molecule has 2 aromatic rings. The first-order chi connectivity index (χ1) is 7.70. The van der Waals surface area contributed by atoms with Crippen LogP contribution in [0.15, 0.2) is 30.5 Å². The van der Waals surface area contributed by atoms with Gasteiger partial charge in [0.1, 0.15) is 0 Å². The molecule has 16 heavy (non-hydrogen) atoms. The highest BCUT2D eigenvalue weighted by atomic mass is 35.5. The second kappa shape index (κ2) is 4.78. The van der Waals surface area contributed by atoms with Crippen molar-refractivity contribution in [3.05, 3.63) is 46.3 Å². The normalized spacial score (nSPS) is 10.4. The SMILES string of the molecule is OCc1ccc(-c2nc(Cl)ncc2Cl)cc1. The lowest BCUT2D eigenvalue weighted by atomic mass is 10.1. The monoisotopic (exact) mass is 254 g/mol. The predicted octanol–water partition coefficient (Wildman–Crippen LogP) is 2.94. The summed E-state index contributed by atoms with van der Waals surface area (Å²) in [6.45, 7) is 0.0124. The van der Waals surface area contributed by atoms with Gasteiger partial charge in [-0.1, -0.05) is 35.9 Å². The van der Waals surface area contributed by atoms with Crippen LogP contribution in [0, 0.1) is 0 Å². The molecule has 0 fully saturated rings. The number of halogens is 2. The molecule has 0 radical (unpaired) electrons. The van der Waals surface area contributed by atoms with Gasteiger partial charge in [-0.05, 0) is 17.2 Å². The van der Waals surface area contributed by atoms with Crippen LogP contribution in [0.1, 0.15) is 5.56 Å². The molecule has 0 aliphatic carbocycles. The number of aromatic nitrogens is 2. The first kappa shape index (κ1) is 11.3. The molecule has 1 heterocycles. The van der Waals surface area contributed by atoms with Gasteiger partial charge in [0.2, 0.25) is 5.28 Å². The number of aliphatic hydroxyl groups excluding tert-OH is 1. The van der Waals surface area contributed by atoms with Crippen LogP contribution in [0.25, 0.3) is 11.3 Å². The van der Waals surface area contributed by atoms with Crippen molar-refractivity contribution in [1.82, 2.24) is 9.97 Å². The van der Waals surface area contributed by atoms with E-state index in [2.05, 4.69) is 9.97 Å². The quantitative estimate of drug-likeness (QED) is 0.839. The van der Waals surface area contributed by atoms with Crippen molar-refractivity contribution >= 4 is 23.2 Å². The third kappa shape index (κ3) is 2.32. The summed E-state index contributed by atoms with van der Waals surface area (Å²) in [6, 6.07) is 7.27. The van der Waals surface area contributed by atoms with Crippen molar-refractivity contribution in [3.63, 3.8) is 0 Å². The first-order valence-corrected chi connectivity index (χ1v) is 5.34. The molecule has 0 aliphatic heterocycles. The van der Waals surface area contributed by atoms with Crippen molar-refractivity contribution in [2.24, 2.45) is 0 Å². The number of hydrogen-bond acceptors (Lipinski definition) is 3. The summed E-state index contributed by atoms with van der Waals surface area (Å²) in [7, 11) is 0. The van der Waals surface area contributed by atoms with Gasteiger partial charge in [0.15, 0.2) is 0 Å². The predicted molar refractivity (Wildman–Crippen MR) is 63.4 cm³/mol. The average molecular weight is 255 g/mol. The fourth-order valence-electron chi connectivity index (χ4n) is 1.32. The van der Waals surface area contributed by atoms with E-state index in [0.717, 1.165) is 11.1 Å². The van der Waals surface area contributed by atoms with Crippen molar-refractivity contribution in [2.75, 3.05) is 0 Å². The number of hydrogen-bond donors (Lipinski definition) is 1. The molecule has 5 heteroatoms. The Morgan fingerprint density at radius 3 is 2.44 bits per heavy atom. The average Bonchev–Trinajstić information content (AvgIpc) is 2.32. The first-order valence-electron chi connectivity index (χ1n) is 4.59. The van der Waals surface area contributed by atoms with Gasteiger partial charge in [-0.2, -0.15) is 0 Å². The number of benzene rings is 1. The molecule has 1 aromatic heterocycles. The third-order valence-electron chi connectivity index (χ3n) is 2.12. The van der Waals surface area contributed by atoms with Crippen LogP contribution in [-0.2, 0) is 6.61 Å². The summed E-state index contributed by atoms with van der Waals surface area (Å²) in [5, 5.41) is 9.53. The maximum Gasteiger partial charge on any atom is 0.222 e. The van der Waals surface area contributed by atoms with Crippen molar-refractivity contribution in [2.45, 2.75) is 6.61 Å². The second-order valence-electron chi connectivity index (χ2n) is 3.19. The Labute approximate surface area is 103 Å². The van der Waals surface area contributed by atoms with Crippen molar-refractivity contribution in [1.29, 1.82) is 0 Å². The van der Waals surface area contributed by atoms with E-state index in [4.69, 9.17) is 28.3 Å². The largest absolute Gasteiger partial charge is 0.392 e. The minimum absolute atomic E-state index is 0.0124. The lowest BCUT2D eigenvalue weighted by Crippen LogP contribution is -1.89. The topological polar surface area (TPSA) is 46.0 Å². The lowest BCUT2D eigenvalue weighted by molar-refractivity contribution is 0.282. The maximum absolute atomic E-state index is 8.92. The zero-order valence-electron chi connectivity index (χ0n) is 8.19. The molecule has 0 bridgehead atoms. The molecule has 0 amide bonds. The lowest BCUT2D eigenvalue weighted by Gasteiger charge is -2.04. The minimum Gasteiger partial charge on any atom is -0.392 e. The standard InChI is InChI=1S/C11H8Cl2N2O/c12-9-5-14-11(13)15-10(9)8-3-1-7(6-16)2-4-8/h1-5,16H,6H2. The van der Waals surface area contributed by atoms with Crippen molar-refractivity contribution in [3.8, 4) is 11.3 Å². The van der Waals surface area contributed by atoms with Gasteiger partial charge in [0, 0.05) is 5.56 Å². The summed E-state index contributed by atoms with van der Waals surface area (Å²) < 4.78 is 0. The smallest absolute Gasteiger partial charge is 0.222 e. The third-order valence-corrected chi connectivity index (χ3v) is 2.58. The Morgan fingerprint density at radius 1 is 1.12 bits per heavy atom. The highest BCUT2D eigenvalue weighted by molar-refractivity contribution is 6.33. The molecular formula is C11H8Cl2N2O. The molecule has 0 saturated carbocycles. The fraction of sp³-hybridized carbons (Fsp3) is 0.0909. The van der Waals surface area contributed by atoms with E-state index in [1.807, 2.05) is 24.3 Å². The van der Waals surface area contributed by atoms with E-state index < -0.39 is 0 Å². The fourth-order valence-corrected chi connectivity index (χ4v) is 1.65. The Balaban J connectivity index is 2.45. The number of aliphatic hydroxyl groups is 1. The Kier molecular flexibility index (Phi) is 3.39. The molecule has 0 unspecified atom stereocenters. The zero-order chi connectivity index (χ0) is 11.5. The van der Waals surface area contributed by atoms with Crippen LogP contribution in [0.5, 0.6) is 0 Å². The van der Waals surface area contributed by atoms with E-state index in [1.54, 1.807) is 0 Å². The van der Waals surface area contributed by atoms with Crippen molar-refractivity contribution < 1.29 is 5.11 Å². The van der Waals surface area contributed by atoms with E-state index in [9.17, 15) is 0 Å². The van der Waals surface area contributed by atoms with Gasteiger partial charge < -0.3 is 5.11 Å². The van der Waals surface area contributed by atoms with Crippen LogP contribution in [0.3, 0.4) is 0 Å². The van der Waals surface area contributed by atoms with E-state index in [1.165, 1.54) is 6.20 Å². The Hall–Kier alpha value is -1.16. The minimum atomic E-state index is 0.0124. The Morgan fingerprint density at radius 2 is 1.81 bits per heavy atom. The molecule has 1 N–H and O–H groups in total. The number of rotatable bonds is 2. The van der Waals surface area contributed by atoms with E-state index in [0.29, 0.717) is 10.7 Å². The molecule has 0 saturated heterocycles. The van der Waals surface area contributed by atoms with Gasteiger partial charge in [-0.15, -0.1) is 0 Å². The maximum atomic E-state index is 8.92. The number of nitrogens with zero attached hydrogens (tertiary/aromatic N) is 2. The van der Waals surface area contributed by atoms with Gasteiger partial charge in [-0.25, -0.2) is 9.97 Å². The summed E-state index contributed by atoms with van der Waals surface area (Å²) in [5.74, 6) is 0. The van der Waals surface area contributed by atoms with Gasteiger partial charge >= 0.3 is 0 Å². The highest BCUT2D eigenvalue weighted by Crippen LogP contribution is 2.26. The molecular weight excluding hydrogens is 247 g/mol. The summed E-state index contributed by atoms with van der Waals surface area (Å²) in [6.07, 6.45) is 1.46. The van der Waals surface area contributed by atoms with Crippen LogP contribution in [0.2, 0.25) is 10.3 Å². The molecule has 2 rings (SSSR count).